The van der Waals surface area contributed by atoms with Crippen molar-refractivity contribution < 1.29 is 9.59 Å². The first kappa shape index (κ1) is 24.2. The Balaban J connectivity index is 1.06. The van der Waals surface area contributed by atoms with E-state index in [4.69, 9.17) is 0 Å². The van der Waals surface area contributed by atoms with Crippen molar-refractivity contribution >= 4 is 34.5 Å². The summed E-state index contributed by atoms with van der Waals surface area (Å²) in [5.41, 5.74) is 3.87. The Kier molecular flexibility index (Phi) is 6.65. The molecule has 39 heavy (non-hydrogen) atoms. The largest absolute Gasteiger partial charge is 0.348 e. The molecule has 194 valence electrons. The molecule has 1 aliphatic heterocycles. The lowest BCUT2D eigenvalue weighted by molar-refractivity contribution is 0.0692. The van der Waals surface area contributed by atoms with Gasteiger partial charge in [-0.2, -0.15) is 0 Å². The number of fused-ring (bicyclic) bond motifs is 1. The predicted octanol–water partition coefficient (Wildman–Crippen LogP) is 4.19. The summed E-state index contributed by atoms with van der Waals surface area (Å²) in [5.74, 6) is 0.578. The minimum atomic E-state index is -0.265. The minimum Gasteiger partial charge on any atom is -0.348 e. The van der Waals surface area contributed by atoms with Gasteiger partial charge in [0.1, 0.15) is 17.1 Å². The number of hydrogen-bond donors (Lipinski definition) is 3. The van der Waals surface area contributed by atoms with Gasteiger partial charge in [-0.15, -0.1) is 0 Å². The van der Waals surface area contributed by atoms with Crippen LogP contribution in [0.3, 0.4) is 0 Å². The Hall–Kier alpha value is -5.12. The van der Waals surface area contributed by atoms with Crippen LogP contribution in [0.2, 0.25) is 0 Å². The smallest absolute Gasteiger partial charge is 0.272 e. The quantitative estimate of drug-likeness (QED) is 0.307. The average Bonchev–Trinajstić information content (AvgIpc) is 3.43. The van der Waals surface area contributed by atoms with Crippen molar-refractivity contribution in [2.24, 2.45) is 0 Å². The van der Waals surface area contributed by atoms with Gasteiger partial charge in [0.05, 0.1) is 11.0 Å². The van der Waals surface area contributed by atoms with Crippen molar-refractivity contribution in [2.45, 2.75) is 18.9 Å². The zero-order valence-corrected chi connectivity index (χ0v) is 21.0. The zero-order valence-electron chi connectivity index (χ0n) is 21.0. The van der Waals surface area contributed by atoms with E-state index in [0.29, 0.717) is 49.1 Å². The summed E-state index contributed by atoms with van der Waals surface area (Å²) in [5, 5.41) is 6.15. The number of hydrogen-bond acceptors (Lipinski definition) is 7. The second-order valence-electron chi connectivity index (χ2n) is 9.31. The molecule has 3 aromatic heterocycles. The summed E-state index contributed by atoms with van der Waals surface area (Å²) >= 11 is 0. The number of carbonyl (C=O) groups excluding carboxylic acids is 2. The molecule has 1 aliphatic rings. The lowest BCUT2D eigenvalue weighted by Gasteiger charge is -2.32. The summed E-state index contributed by atoms with van der Waals surface area (Å²) in [4.78, 5) is 48.8. The molecule has 0 unspecified atom stereocenters. The lowest BCUT2D eigenvalue weighted by Crippen LogP contribution is -2.46. The van der Waals surface area contributed by atoms with Gasteiger partial charge in [0, 0.05) is 31.0 Å². The van der Waals surface area contributed by atoms with E-state index < -0.39 is 0 Å². The molecule has 0 atom stereocenters. The van der Waals surface area contributed by atoms with Crippen LogP contribution in [0.5, 0.6) is 0 Å². The molecule has 10 heteroatoms. The average molecular weight is 519 g/mol. The summed E-state index contributed by atoms with van der Waals surface area (Å²) in [6.45, 7) is 1.04. The summed E-state index contributed by atoms with van der Waals surface area (Å²) in [6, 6.07) is 24.2. The van der Waals surface area contributed by atoms with Crippen LogP contribution >= 0.6 is 0 Å². The van der Waals surface area contributed by atoms with Crippen LogP contribution in [-0.2, 0) is 0 Å². The van der Waals surface area contributed by atoms with E-state index in [2.05, 4.69) is 35.6 Å². The number of nitrogens with zero attached hydrogens (tertiary/aromatic N) is 5. The van der Waals surface area contributed by atoms with Crippen LogP contribution in [0.25, 0.3) is 22.6 Å². The number of para-hydroxylation sites is 3. The number of nitrogens with one attached hydrogen (secondary N) is 3. The molecule has 2 amide bonds. The standard InChI is InChI=1S/C29H26N8O2/c38-27(24-13-16-30-29(36-24)32-19-7-2-1-3-8-19)31-20-14-17-37(18-15-20)28(39)25-12-6-11-23(33-25)26-34-21-9-4-5-10-22(21)35-26/h1-13,16,20H,14-15,17-18H2,(H,31,38)(H,34,35)(H,30,32,36). The van der Waals surface area contributed by atoms with Crippen molar-refractivity contribution in [1.29, 1.82) is 0 Å². The number of likely N-dealkylation sites (tertiary alicyclic amines) is 1. The van der Waals surface area contributed by atoms with Gasteiger partial charge in [0.2, 0.25) is 5.95 Å². The SMILES string of the molecule is O=C(NC1CCN(C(=O)c2cccc(-c3nc4ccccc4[nH]3)n2)CC1)c1ccnc(Nc2ccccc2)n1. The van der Waals surface area contributed by atoms with Gasteiger partial charge in [0.25, 0.3) is 11.8 Å². The minimum absolute atomic E-state index is 0.0584. The molecule has 5 aromatic rings. The Morgan fingerprint density at radius 1 is 0.821 bits per heavy atom. The predicted molar refractivity (Wildman–Crippen MR) is 147 cm³/mol. The van der Waals surface area contributed by atoms with Crippen molar-refractivity contribution in [1.82, 2.24) is 35.1 Å². The van der Waals surface area contributed by atoms with E-state index in [1.165, 1.54) is 0 Å². The van der Waals surface area contributed by atoms with Crippen LogP contribution in [0.1, 0.15) is 33.8 Å². The lowest BCUT2D eigenvalue weighted by atomic mass is 10.0. The summed E-state index contributed by atoms with van der Waals surface area (Å²) in [6.07, 6.45) is 2.84. The molecule has 0 saturated carbocycles. The molecule has 10 nitrogen and oxygen atoms in total. The highest BCUT2D eigenvalue weighted by Gasteiger charge is 2.26. The van der Waals surface area contributed by atoms with Gasteiger partial charge in [-0.3, -0.25) is 9.59 Å². The van der Waals surface area contributed by atoms with Crippen LogP contribution in [0, 0.1) is 0 Å². The molecule has 1 fully saturated rings. The number of carbonyl (C=O) groups is 2. The number of aromatic nitrogens is 5. The van der Waals surface area contributed by atoms with Crippen molar-refractivity contribution in [2.75, 3.05) is 18.4 Å². The second-order valence-corrected chi connectivity index (χ2v) is 9.31. The summed E-state index contributed by atoms with van der Waals surface area (Å²) < 4.78 is 0. The maximum atomic E-state index is 13.2. The molecule has 2 aromatic carbocycles. The van der Waals surface area contributed by atoms with Crippen LogP contribution in [0.15, 0.2) is 85.1 Å². The molecule has 1 saturated heterocycles. The fourth-order valence-corrected chi connectivity index (χ4v) is 4.60. The third-order valence-corrected chi connectivity index (χ3v) is 6.64. The maximum Gasteiger partial charge on any atom is 0.272 e. The Morgan fingerprint density at radius 3 is 2.44 bits per heavy atom. The fraction of sp³-hybridized carbons (Fsp3) is 0.172. The van der Waals surface area contributed by atoms with Crippen LogP contribution in [0.4, 0.5) is 11.6 Å². The van der Waals surface area contributed by atoms with Crippen molar-refractivity contribution in [3.05, 3.63) is 96.4 Å². The normalized spacial score (nSPS) is 13.8. The first-order valence-electron chi connectivity index (χ1n) is 12.8. The highest BCUT2D eigenvalue weighted by Crippen LogP contribution is 2.20. The van der Waals surface area contributed by atoms with E-state index in [1.54, 1.807) is 23.2 Å². The number of rotatable bonds is 6. The molecule has 3 N–H and O–H groups in total. The Morgan fingerprint density at radius 2 is 1.62 bits per heavy atom. The first-order chi connectivity index (χ1) is 19.1. The van der Waals surface area contributed by atoms with E-state index in [-0.39, 0.29) is 23.6 Å². The zero-order chi connectivity index (χ0) is 26.6. The van der Waals surface area contributed by atoms with E-state index >= 15 is 0 Å². The maximum absolute atomic E-state index is 13.2. The number of H-pyrrole nitrogens is 1. The van der Waals surface area contributed by atoms with Gasteiger partial charge >= 0.3 is 0 Å². The first-order valence-corrected chi connectivity index (χ1v) is 12.8. The fourth-order valence-electron chi connectivity index (χ4n) is 4.60. The number of anilines is 2. The molecule has 0 spiro atoms. The molecular weight excluding hydrogens is 492 g/mol. The molecule has 0 bridgehead atoms. The third kappa shape index (κ3) is 5.45. The van der Waals surface area contributed by atoms with Gasteiger partial charge in [0.15, 0.2) is 5.82 Å². The van der Waals surface area contributed by atoms with Crippen molar-refractivity contribution in [3.63, 3.8) is 0 Å². The number of amides is 2. The number of aromatic amines is 1. The van der Waals surface area contributed by atoms with Gasteiger partial charge < -0.3 is 20.5 Å². The van der Waals surface area contributed by atoms with Gasteiger partial charge in [-0.1, -0.05) is 36.4 Å². The summed E-state index contributed by atoms with van der Waals surface area (Å²) in [7, 11) is 0. The number of benzene rings is 2. The van der Waals surface area contributed by atoms with E-state index in [9.17, 15) is 9.59 Å². The van der Waals surface area contributed by atoms with Crippen LogP contribution < -0.4 is 10.6 Å². The number of imidazole rings is 1. The highest BCUT2D eigenvalue weighted by atomic mass is 16.2. The molecule has 4 heterocycles. The molecule has 0 aliphatic carbocycles. The molecular formula is C29H26N8O2. The second kappa shape index (κ2) is 10.7. The van der Waals surface area contributed by atoms with Crippen LogP contribution in [-0.4, -0.2) is 60.8 Å². The van der Waals surface area contributed by atoms with Gasteiger partial charge in [-0.05, 0) is 55.3 Å². The van der Waals surface area contributed by atoms with E-state index in [0.717, 1.165) is 16.7 Å². The monoisotopic (exact) mass is 518 g/mol. The van der Waals surface area contributed by atoms with E-state index in [1.807, 2.05) is 66.7 Å². The topological polar surface area (TPSA) is 129 Å². The third-order valence-electron chi connectivity index (χ3n) is 6.64. The van der Waals surface area contributed by atoms with Crippen molar-refractivity contribution in [3.8, 4) is 11.5 Å². The Labute approximate surface area is 224 Å². The Bertz CT molecular complexity index is 1590. The number of piperidine rings is 1. The molecule has 0 radical (unpaired) electrons. The molecule has 6 rings (SSSR count). The number of pyridine rings is 1. The highest BCUT2D eigenvalue weighted by molar-refractivity contribution is 5.94. The van der Waals surface area contributed by atoms with Gasteiger partial charge in [-0.25, -0.2) is 19.9 Å².